The van der Waals surface area contributed by atoms with Crippen molar-refractivity contribution in [3.63, 3.8) is 0 Å². The fraction of sp³-hybridized carbons (Fsp3) is 0.250. The van der Waals surface area contributed by atoms with Gasteiger partial charge in [0, 0.05) is 5.69 Å². The summed E-state index contributed by atoms with van der Waals surface area (Å²) in [5, 5.41) is 11.5. The minimum Gasteiger partial charge on any atom is -0.494 e. The van der Waals surface area contributed by atoms with Crippen molar-refractivity contribution in [1.82, 2.24) is 9.97 Å². The Morgan fingerprint density at radius 1 is 1.46 bits per heavy atom. The lowest BCUT2D eigenvalue weighted by Gasteiger charge is -2.12. The Morgan fingerprint density at radius 2 is 2.17 bits per heavy atom. The first kappa shape index (κ1) is 17.6. The zero-order valence-electron chi connectivity index (χ0n) is 13.3. The van der Waals surface area contributed by atoms with Gasteiger partial charge >= 0.3 is 0 Å². The molecule has 0 aliphatic heterocycles. The van der Waals surface area contributed by atoms with E-state index in [1.807, 2.05) is 13.0 Å². The van der Waals surface area contributed by atoms with E-state index in [-0.39, 0.29) is 17.3 Å². The summed E-state index contributed by atoms with van der Waals surface area (Å²) in [5.74, 6) is 0.671. The molecule has 1 heterocycles. The molecule has 0 radical (unpaired) electrons. The second-order valence-electron chi connectivity index (χ2n) is 4.77. The number of anilines is 2. The van der Waals surface area contributed by atoms with Gasteiger partial charge in [-0.05, 0) is 38.1 Å². The summed E-state index contributed by atoms with van der Waals surface area (Å²) in [4.78, 5) is 20.3. The van der Waals surface area contributed by atoms with E-state index in [0.29, 0.717) is 17.5 Å². The number of nitrogen functional groups attached to an aromatic ring is 1. The predicted molar refractivity (Wildman–Crippen MR) is 92.7 cm³/mol. The third kappa shape index (κ3) is 4.60. The number of nitriles is 1. The van der Waals surface area contributed by atoms with Crippen LogP contribution in [-0.4, -0.2) is 27.7 Å². The van der Waals surface area contributed by atoms with E-state index in [1.54, 1.807) is 31.2 Å². The van der Waals surface area contributed by atoms with Crippen LogP contribution < -0.4 is 15.8 Å². The first-order valence-corrected chi connectivity index (χ1v) is 8.14. The number of thioether (sulfide) groups is 1. The van der Waals surface area contributed by atoms with Crippen LogP contribution in [0.25, 0.3) is 0 Å². The summed E-state index contributed by atoms with van der Waals surface area (Å²) >= 11 is 1.17. The van der Waals surface area contributed by atoms with Gasteiger partial charge < -0.3 is 15.8 Å². The SMILES string of the molecule is CCOc1ccc(NC(=O)[C@@H](C)Sc2ncc(C#N)c(N)n2)cc1. The molecule has 0 saturated heterocycles. The van der Waals surface area contributed by atoms with Crippen LogP contribution in [0.15, 0.2) is 35.6 Å². The van der Waals surface area contributed by atoms with Gasteiger partial charge in [-0.15, -0.1) is 0 Å². The van der Waals surface area contributed by atoms with Crippen LogP contribution in [0.3, 0.4) is 0 Å². The van der Waals surface area contributed by atoms with Crippen molar-refractivity contribution < 1.29 is 9.53 Å². The van der Waals surface area contributed by atoms with Crippen LogP contribution in [0.4, 0.5) is 11.5 Å². The number of benzene rings is 1. The smallest absolute Gasteiger partial charge is 0.237 e. The van der Waals surface area contributed by atoms with Crippen LogP contribution in [0, 0.1) is 11.3 Å². The first-order chi connectivity index (χ1) is 11.5. The summed E-state index contributed by atoms with van der Waals surface area (Å²) in [6, 6.07) is 9.03. The molecule has 124 valence electrons. The molecule has 2 aromatic rings. The summed E-state index contributed by atoms with van der Waals surface area (Å²) in [6.07, 6.45) is 1.35. The second kappa shape index (κ2) is 8.17. The number of nitrogens with zero attached hydrogens (tertiary/aromatic N) is 3. The van der Waals surface area contributed by atoms with Crippen LogP contribution in [0.1, 0.15) is 19.4 Å². The molecule has 24 heavy (non-hydrogen) atoms. The van der Waals surface area contributed by atoms with E-state index in [2.05, 4.69) is 15.3 Å². The van der Waals surface area contributed by atoms with Crippen molar-refractivity contribution >= 4 is 29.2 Å². The number of hydrogen-bond donors (Lipinski definition) is 2. The molecule has 7 nitrogen and oxygen atoms in total. The molecule has 1 atom stereocenters. The Labute approximate surface area is 144 Å². The molecule has 0 fully saturated rings. The number of ether oxygens (including phenoxy) is 1. The molecule has 0 aliphatic rings. The fourth-order valence-electron chi connectivity index (χ4n) is 1.78. The Kier molecular flexibility index (Phi) is 5.98. The lowest BCUT2D eigenvalue weighted by Crippen LogP contribution is -2.22. The highest BCUT2D eigenvalue weighted by Crippen LogP contribution is 2.23. The number of hydrogen-bond acceptors (Lipinski definition) is 7. The average molecular weight is 343 g/mol. The lowest BCUT2D eigenvalue weighted by atomic mass is 10.3. The van der Waals surface area contributed by atoms with Crippen LogP contribution in [0.2, 0.25) is 0 Å². The monoisotopic (exact) mass is 343 g/mol. The van der Waals surface area contributed by atoms with E-state index in [9.17, 15) is 4.79 Å². The minimum absolute atomic E-state index is 0.106. The standard InChI is InChI=1S/C16H17N5O2S/c1-3-23-13-6-4-12(5-7-13)20-15(22)10(2)24-16-19-9-11(8-17)14(18)21-16/h4-7,9-10H,3H2,1-2H3,(H,20,22)(H2,18,19,21)/t10-/m1/s1. The third-order valence-electron chi connectivity index (χ3n) is 3.00. The molecule has 0 unspecified atom stereocenters. The maximum Gasteiger partial charge on any atom is 0.237 e. The molecule has 0 aliphatic carbocycles. The van der Waals surface area contributed by atoms with Crippen LogP contribution in [0.5, 0.6) is 5.75 Å². The van der Waals surface area contributed by atoms with E-state index >= 15 is 0 Å². The van der Waals surface area contributed by atoms with Gasteiger partial charge in [-0.2, -0.15) is 5.26 Å². The summed E-state index contributed by atoms with van der Waals surface area (Å²) in [6.45, 7) is 4.24. The Hall–Kier alpha value is -2.79. The molecule has 1 aromatic heterocycles. The topological polar surface area (TPSA) is 114 Å². The molecule has 0 saturated carbocycles. The van der Waals surface area contributed by atoms with Gasteiger partial charge in [0.05, 0.1) is 18.1 Å². The number of aromatic nitrogens is 2. The van der Waals surface area contributed by atoms with E-state index in [0.717, 1.165) is 5.75 Å². The number of carbonyl (C=O) groups is 1. The predicted octanol–water partition coefficient (Wildman–Crippen LogP) is 2.45. The highest BCUT2D eigenvalue weighted by atomic mass is 32.2. The van der Waals surface area contributed by atoms with Crippen molar-refractivity contribution in [3.8, 4) is 11.8 Å². The van der Waals surface area contributed by atoms with Gasteiger partial charge in [0.25, 0.3) is 0 Å². The van der Waals surface area contributed by atoms with Gasteiger partial charge in [-0.1, -0.05) is 11.8 Å². The molecule has 1 aromatic carbocycles. The van der Waals surface area contributed by atoms with Crippen molar-refractivity contribution in [2.45, 2.75) is 24.3 Å². The summed E-state index contributed by atoms with van der Waals surface area (Å²) < 4.78 is 5.35. The van der Waals surface area contributed by atoms with Crippen LogP contribution in [-0.2, 0) is 4.79 Å². The fourth-order valence-corrected chi connectivity index (χ4v) is 2.52. The zero-order chi connectivity index (χ0) is 17.5. The number of rotatable bonds is 6. The van der Waals surface area contributed by atoms with E-state index in [4.69, 9.17) is 15.7 Å². The van der Waals surface area contributed by atoms with E-state index < -0.39 is 5.25 Å². The average Bonchev–Trinajstić information content (AvgIpc) is 2.57. The number of nitrogens with two attached hydrogens (primary N) is 1. The second-order valence-corrected chi connectivity index (χ2v) is 6.08. The van der Waals surface area contributed by atoms with Crippen molar-refractivity contribution in [2.75, 3.05) is 17.7 Å². The Morgan fingerprint density at radius 3 is 2.75 bits per heavy atom. The first-order valence-electron chi connectivity index (χ1n) is 7.26. The summed E-state index contributed by atoms with van der Waals surface area (Å²) in [5.41, 5.74) is 6.54. The molecule has 3 N–H and O–H groups in total. The quantitative estimate of drug-likeness (QED) is 0.611. The molecular weight excluding hydrogens is 326 g/mol. The van der Waals surface area contributed by atoms with Gasteiger partial charge in [0.1, 0.15) is 23.2 Å². The van der Waals surface area contributed by atoms with Gasteiger partial charge in [0.15, 0.2) is 5.16 Å². The molecule has 8 heteroatoms. The van der Waals surface area contributed by atoms with Crippen molar-refractivity contribution in [3.05, 3.63) is 36.0 Å². The van der Waals surface area contributed by atoms with Gasteiger partial charge in [0.2, 0.25) is 5.91 Å². The maximum atomic E-state index is 12.2. The molecular formula is C16H17N5O2S. The van der Waals surface area contributed by atoms with Gasteiger partial charge in [-0.3, -0.25) is 4.79 Å². The van der Waals surface area contributed by atoms with Crippen molar-refractivity contribution in [1.29, 1.82) is 5.26 Å². The maximum absolute atomic E-state index is 12.2. The number of nitrogens with one attached hydrogen (secondary N) is 1. The van der Waals surface area contributed by atoms with E-state index in [1.165, 1.54) is 18.0 Å². The molecule has 0 spiro atoms. The normalized spacial score (nSPS) is 11.4. The highest BCUT2D eigenvalue weighted by Gasteiger charge is 2.17. The lowest BCUT2D eigenvalue weighted by molar-refractivity contribution is -0.115. The molecule has 0 bridgehead atoms. The van der Waals surface area contributed by atoms with Crippen molar-refractivity contribution in [2.24, 2.45) is 0 Å². The Balaban J connectivity index is 1.96. The Bertz CT molecular complexity index is 758. The summed E-state index contributed by atoms with van der Waals surface area (Å²) in [7, 11) is 0. The largest absolute Gasteiger partial charge is 0.494 e. The minimum atomic E-state index is -0.427. The number of carbonyl (C=O) groups excluding carboxylic acids is 1. The number of amides is 1. The zero-order valence-corrected chi connectivity index (χ0v) is 14.1. The van der Waals surface area contributed by atoms with Gasteiger partial charge in [-0.25, -0.2) is 9.97 Å². The highest BCUT2D eigenvalue weighted by molar-refractivity contribution is 8.00. The van der Waals surface area contributed by atoms with Crippen LogP contribution >= 0.6 is 11.8 Å². The third-order valence-corrected chi connectivity index (χ3v) is 3.98. The molecule has 2 rings (SSSR count). The molecule has 1 amide bonds.